The van der Waals surface area contributed by atoms with Crippen LogP contribution in [0, 0.1) is 11.8 Å². The van der Waals surface area contributed by atoms with Gasteiger partial charge in [0.2, 0.25) is 0 Å². The third kappa shape index (κ3) is 5.07. The molecule has 0 radical (unpaired) electrons. The van der Waals surface area contributed by atoms with E-state index in [1.54, 1.807) is 0 Å². The van der Waals surface area contributed by atoms with Crippen LogP contribution in [-0.4, -0.2) is 19.3 Å². The first kappa shape index (κ1) is 17.0. The molecule has 2 atom stereocenters. The Bertz CT molecular complexity index is 273. The maximum Gasteiger partial charge on any atom is 0.0721 e. The van der Waals surface area contributed by atoms with Gasteiger partial charge >= 0.3 is 0 Å². The van der Waals surface area contributed by atoms with Gasteiger partial charge in [0.25, 0.3) is 0 Å². The van der Waals surface area contributed by atoms with E-state index in [0.29, 0.717) is 11.8 Å². The molecule has 0 aromatic rings. The SMILES string of the molecule is C=C([C@@H](CCCC)[C@H](O)C1CCCCC1)[Si](C)(C)C. The minimum atomic E-state index is -1.35. The Hall–Kier alpha value is -0.0831. The van der Waals surface area contributed by atoms with Gasteiger partial charge in [0.05, 0.1) is 14.2 Å². The van der Waals surface area contributed by atoms with Crippen molar-refractivity contribution in [2.75, 3.05) is 0 Å². The van der Waals surface area contributed by atoms with E-state index in [-0.39, 0.29) is 6.10 Å². The molecule has 0 amide bonds. The number of aliphatic hydroxyl groups is 1. The topological polar surface area (TPSA) is 20.2 Å². The zero-order valence-electron chi connectivity index (χ0n) is 13.5. The molecule has 1 nitrogen and oxygen atoms in total. The second-order valence-corrected chi connectivity index (χ2v) is 12.6. The molecule has 2 heteroatoms. The Morgan fingerprint density at radius 3 is 2.26 bits per heavy atom. The van der Waals surface area contributed by atoms with Gasteiger partial charge in [-0.3, -0.25) is 0 Å². The average molecular weight is 283 g/mol. The smallest absolute Gasteiger partial charge is 0.0721 e. The van der Waals surface area contributed by atoms with Crippen LogP contribution in [-0.2, 0) is 0 Å². The van der Waals surface area contributed by atoms with E-state index in [9.17, 15) is 5.11 Å². The fourth-order valence-corrected chi connectivity index (χ4v) is 4.76. The lowest BCUT2D eigenvalue weighted by Crippen LogP contribution is -2.38. The van der Waals surface area contributed by atoms with Crippen LogP contribution in [0.4, 0.5) is 0 Å². The minimum Gasteiger partial charge on any atom is -0.392 e. The van der Waals surface area contributed by atoms with Crippen LogP contribution >= 0.6 is 0 Å². The van der Waals surface area contributed by atoms with Crippen molar-refractivity contribution in [2.45, 2.75) is 84.0 Å². The highest BCUT2D eigenvalue weighted by Gasteiger charge is 2.34. The van der Waals surface area contributed by atoms with Gasteiger partial charge in [0.1, 0.15) is 0 Å². The predicted molar refractivity (Wildman–Crippen MR) is 88.1 cm³/mol. The van der Waals surface area contributed by atoms with Gasteiger partial charge < -0.3 is 5.11 Å². The van der Waals surface area contributed by atoms with Crippen LogP contribution in [0.3, 0.4) is 0 Å². The van der Waals surface area contributed by atoms with Crippen molar-refractivity contribution in [3.05, 3.63) is 11.8 Å². The minimum absolute atomic E-state index is 0.133. The maximum atomic E-state index is 10.9. The molecule has 1 N–H and O–H groups in total. The quantitative estimate of drug-likeness (QED) is 0.639. The van der Waals surface area contributed by atoms with E-state index in [2.05, 4.69) is 33.1 Å². The molecule has 0 bridgehead atoms. The van der Waals surface area contributed by atoms with Crippen LogP contribution < -0.4 is 0 Å². The Labute approximate surface area is 121 Å². The van der Waals surface area contributed by atoms with Crippen molar-refractivity contribution < 1.29 is 5.11 Å². The highest BCUT2D eigenvalue weighted by molar-refractivity contribution is 6.83. The first-order chi connectivity index (χ1) is 8.88. The molecule has 1 saturated carbocycles. The summed E-state index contributed by atoms with van der Waals surface area (Å²) in [5.41, 5.74) is 0. The van der Waals surface area contributed by atoms with Crippen LogP contribution in [0.25, 0.3) is 0 Å². The van der Waals surface area contributed by atoms with E-state index in [1.807, 2.05) is 0 Å². The fraction of sp³-hybridized carbons (Fsp3) is 0.882. The third-order valence-corrected chi connectivity index (χ3v) is 7.12. The zero-order valence-corrected chi connectivity index (χ0v) is 14.5. The normalized spacial score (nSPS) is 21.1. The van der Waals surface area contributed by atoms with E-state index >= 15 is 0 Å². The summed E-state index contributed by atoms with van der Waals surface area (Å²) in [5.74, 6) is 0.887. The molecule has 0 aromatic heterocycles. The summed E-state index contributed by atoms with van der Waals surface area (Å²) in [4.78, 5) is 0. The molecule has 0 aromatic carbocycles. The zero-order chi connectivity index (χ0) is 14.5. The van der Waals surface area contributed by atoms with Crippen molar-refractivity contribution in [1.82, 2.24) is 0 Å². The fourth-order valence-electron chi connectivity index (χ4n) is 3.34. The molecule has 0 saturated heterocycles. The standard InChI is InChI=1S/C17H34OSi/c1-6-7-13-16(14(2)19(3,4)5)17(18)15-11-9-8-10-12-15/h15-18H,2,6-13H2,1,3-5H3/t16-,17-/m1/s1. The van der Waals surface area contributed by atoms with Crippen LogP contribution in [0.5, 0.6) is 0 Å². The molecule has 19 heavy (non-hydrogen) atoms. The van der Waals surface area contributed by atoms with Crippen molar-refractivity contribution >= 4 is 8.07 Å². The predicted octanol–water partition coefficient (Wildman–Crippen LogP) is 5.17. The first-order valence-corrected chi connectivity index (χ1v) is 11.7. The van der Waals surface area contributed by atoms with E-state index < -0.39 is 8.07 Å². The van der Waals surface area contributed by atoms with Crippen molar-refractivity contribution in [1.29, 1.82) is 0 Å². The number of hydrogen-bond donors (Lipinski definition) is 1. The third-order valence-electron chi connectivity index (χ3n) is 4.82. The van der Waals surface area contributed by atoms with Gasteiger partial charge in [0, 0.05) is 5.92 Å². The average Bonchev–Trinajstić information content (AvgIpc) is 2.38. The summed E-state index contributed by atoms with van der Waals surface area (Å²) in [5, 5.41) is 12.2. The summed E-state index contributed by atoms with van der Waals surface area (Å²) in [6.45, 7) is 13.7. The lowest BCUT2D eigenvalue weighted by molar-refractivity contribution is 0.0444. The number of rotatable bonds is 7. The van der Waals surface area contributed by atoms with Gasteiger partial charge in [0.15, 0.2) is 0 Å². The Kier molecular flexibility index (Phi) is 6.82. The summed E-state index contributed by atoms with van der Waals surface area (Å²) in [7, 11) is -1.35. The van der Waals surface area contributed by atoms with Gasteiger partial charge in [-0.15, -0.1) is 6.58 Å². The Morgan fingerprint density at radius 2 is 1.79 bits per heavy atom. The molecule has 1 fully saturated rings. The van der Waals surface area contributed by atoms with Gasteiger partial charge in [-0.25, -0.2) is 0 Å². The van der Waals surface area contributed by atoms with Crippen molar-refractivity contribution in [3.63, 3.8) is 0 Å². The molecular formula is C17H34OSi. The number of aliphatic hydroxyl groups excluding tert-OH is 1. The summed E-state index contributed by atoms with van der Waals surface area (Å²) >= 11 is 0. The highest BCUT2D eigenvalue weighted by atomic mass is 28.3. The van der Waals surface area contributed by atoms with Gasteiger partial charge in [-0.05, 0) is 25.2 Å². The number of hydrogen-bond acceptors (Lipinski definition) is 1. The molecular weight excluding hydrogens is 248 g/mol. The van der Waals surface area contributed by atoms with E-state index in [1.165, 1.54) is 50.1 Å². The van der Waals surface area contributed by atoms with Crippen LogP contribution in [0.15, 0.2) is 11.8 Å². The van der Waals surface area contributed by atoms with E-state index in [0.717, 1.165) is 6.42 Å². The molecule has 1 aliphatic carbocycles. The molecule has 1 rings (SSSR count). The summed E-state index contributed by atoms with van der Waals surface area (Å²) < 4.78 is 0. The summed E-state index contributed by atoms with van der Waals surface area (Å²) in [6.07, 6.45) is 9.86. The van der Waals surface area contributed by atoms with E-state index in [4.69, 9.17) is 0 Å². The molecule has 0 spiro atoms. The highest BCUT2D eigenvalue weighted by Crippen LogP contribution is 2.36. The Morgan fingerprint density at radius 1 is 1.21 bits per heavy atom. The molecule has 0 heterocycles. The van der Waals surface area contributed by atoms with Crippen LogP contribution in [0.1, 0.15) is 58.3 Å². The second kappa shape index (κ2) is 7.63. The Balaban J connectivity index is 2.73. The number of unbranched alkanes of at least 4 members (excludes halogenated alkanes) is 1. The molecule has 0 unspecified atom stereocenters. The molecule has 1 aliphatic rings. The monoisotopic (exact) mass is 282 g/mol. The van der Waals surface area contributed by atoms with Gasteiger partial charge in [-0.2, -0.15) is 0 Å². The first-order valence-electron chi connectivity index (χ1n) is 8.25. The molecule has 112 valence electrons. The van der Waals surface area contributed by atoms with Crippen LogP contribution in [0.2, 0.25) is 19.6 Å². The van der Waals surface area contributed by atoms with Gasteiger partial charge in [-0.1, -0.05) is 63.9 Å². The lowest BCUT2D eigenvalue weighted by atomic mass is 9.79. The maximum absolute atomic E-state index is 10.9. The lowest BCUT2D eigenvalue weighted by Gasteiger charge is -2.37. The largest absolute Gasteiger partial charge is 0.392 e. The second-order valence-electron chi connectivity index (χ2n) is 7.41. The van der Waals surface area contributed by atoms with Crippen molar-refractivity contribution in [3.8, 4) is 0 Å². The summed E-state index contributed by atoms with van der Waals surface area (Å²) in [6, 6.07) is 0. The van der Waals surface area contributed by atoms with Crippen molar-refractivity contribution in [2.24, 2.45) is 11.8 Å². The molecule has 0 aliphatic heterocycles.